The van der Waals surface area contributed by atoms with Gasteiger partial charge in [-0.25, -0.2) is 4.39 Å². The Morgan fingerprint density at radius 2 is 1.56 bits per heavy atom. The molecule has 3 aromatic rings. The fraction of sp³-hybridized carbons (Fsp3) is 0.276. The van der Waals surface area contributed by atoms with Crippen molar-refractivity contribution in [2.75, 3.05) is 4.90 Å². The molecule has 0 aliphatic carbocycles. The Bertz CT molecular complexity index is 1180. The summed E-state index contributed by atoms with van der Waals surface area (Å²) < 4.78 is 19.9. The molecular formula is C29H32FNO2Si. The van der Waals surface area contributed by atoms with Crippen LogP contribution in [0.15, 0.2) is 90.5 Å². The van der Waals surface area contributed by atoms with Crippen LogP contribution in [0.5, 0.6) is 5.75 Å². The van der Waals surface area contributed by atoms with E-state index >= 15 is 0 Å². The number of β-lactam (4-membered cyclic amide) rings is 1. The molecule has 0 aromatic heterocycles. The Kier molecular flexibility index (Phi) is 6.50. The third-order valence-corrected chi connectivity index (χ3v) is 11.3. The standard InChI is InChI=1S/C29H32FNO2Si/c1-29(2,3)34(4,5)33-25-18-12-22(13-19-25)27-26(20-11-21-9-7-6-8-10-21)28(32)31(27)24-16-14-23(30)15-17-24/h6-10,12-20,27H,11H2,1-5H3/b26-20-. The number of hydrogen-bond acceptors (Lipinski definition) is 2. The molecule has 3 aromatic carbocycles. The smallest absolute Gasteiger partial charge is 0.257 e. The van der Waals surface area contributed by atoms with Gasteiger partial charge in [-0.2, -0.15) is 0 Å². The molecule has 34 heavy (non-hydrogen) atoms. The molecular weight excluding hydrogens is 441 g/mol. The number of nitrogens with zero attached hydrogens (tertiary/aromatic N) is 1. The van der Waals surface area contributed by atoms with Crippen LogP contribution in [-0.4, -0.2) is 14.2 Å². The fourth-order valence-corrected chi connectivity index (χ4v) is 4.88. The number of carbonyl (C=O) groups excluding carboxylic acids is 1. The number of allylic oxidation sites excluding steroid dienone is 1. The lowest BCUT2D eigenvalue weighted by molar-refractivity contribution is -0.119. The zero-order chi connectivity index (χ0) is 24.5. The molecule has 1 heterocycles. The van der Waals surface area contributed by atoms with Gasteiger partial charge in [0, 0.05) is 11.3 Å². The minimum atomic E-state index is -1.94. The lowest BCUT2D eigenvalue weighted by Crippen LogP contribution is -2.49. The van der Waals surface area contributed by atoms with E-state index in [0.29, 0.717) is 12.1 Å². The molecule has 3 nitrogen and oxygen atoms in total. The molecule has 1 fully saturated rings. The number of benzene rings is 3. The minimum absolute atomic E-state index is 0.0471. The van der Waals surface area contributed by atoms with Crippen LogP contribution in [0.3, 0.4) is 0 Å². The second kappa shape index (κ2) is 9.22. The maximum Gasteiger partial charge on any atom is 0.257 e. The third-order valence-electron chi connectivity index (χ3n) is 6.90. The summed E-state index contributed by atoms with van der Waals surface area (Å²) in [6.45, 7) is 11.1. The molecule has 1 unspecified atom stereocenters. The molecule has 0 spiro atoms. The van der Waals surface area contributed by atoms with Crippen molar-refractivity contribution >= 4 is 19.9 Å². The maximum absolute atomic E-state index is 13.5. The minimum Gasteiger partial charge on any atom is -0.544 e. The summed E-state index contributed by atoms with van der Waals surface area (Å²) in [6.07, 6.45) is 2.70. The topological polar surface area (TPSA) is 29.5 Å². The van der Waals surface area contributed by atoms with Gasteiger partial charge in [0.25, 0.3) is 5.91 Å². The third kappa shape index (κ3) is 4.85. The van der Waals surface area contributed by atoms with Crippen LogP contribution >= 0.6 is 0 Å². The molecule has 1 aliphatic heterocycles. The highest BCUT2D eigenvalue weighted by molar-refractivity contribution is 6.74. The largest absolute Gasteiger partial charge is 0.544 e. The van der Waals surface area contributed by atoms with Crippen LogP contribution in [0.1, 0.15) is 37.9 Å². The normalized spacial score (nSPS) is 17.6. The monoisotopic (exact) mass is 473 g/mol. The summed E-state index contributed by atoms with van der Waals surface area (Å²) >= 11 is 0. The molecule has 176 valence electrons. The summed E-state index contributed by atoms with van der Waals surface area (Å²) in [6, 6.07) is 24.0. The van der Waals surface area contributed by atoms with Crippen molar-refractivity contribution in [1.82, 2.24) is 0 Å². The SMILES string of the molecule is CC(C)(C)[Si](C)(C)Oc1ccc(C2/C(=C/Cc3ccccc3)C(=O)N2c2ccc(F)cc2)cc1. The summed E-state index contributed by atoms with van der Waals surface area (Å²) in [5.74, 6) is 0.485. The first kappa shape index (κ1) is 24.0. The summed E-state index contributed by atoms with van der Waals surface area (Å²) in [5, 5.41) is 0.110. The zero-order valence-corrected chi connectivity index (χ0v) is 21.5. The van der Waals surface area contributed by atoms with Crippen LogP contribution in [0.2, 0.25) is 18.1 Å². The molecule has 5 heteroatoms. The van der Waals surface area contributed by atoms with Crippen LogP contribution < -0.4 is 9.33 Å². The number of halogens is 1. The second-order valence-corrected chi connectivity index (χ2v) is 15.1. The lowest BCUT2D eigenvalue weighted by Gasteiger charge is -2.43. The number of hydrogen-bond donors (Lipinski definition) is 0. The van der Waals surface area contributed by atoms with E-state index in [1.165, 1.54) is 12.1 Å². The van der Waals surface area contributed by atoms with Crippen LogP contribution in [0.4, 0.5) is 10.1 Å². The Labute approximate surface area is 203 Å². The average Bonchev–Trinajstić information content (AvgIpc) is 2.79. The van der Waals surface area contributed by atoms with E-state index in [2.05, 4.69) is 46.0 Å². The number of carbonyl (C=O) groups is 1. The van der Waals surface area contributed by atoms with Gasteiger partial charge >= 0.3 is 0 Å². The van der Waals surface area contributed by atoms with Gasteiger partial charge in [0.05, 0.1) is 6.04 Å². The Balaban J connectivity index is 1.64. The van der Waals surface area contributed by atoms with Crippen LogP contribution in [-0.2, 0) is 11.2 Å². The molecule has 0 N–H and O–H groups in total. The Morgan fingerprint density at radius 1 is 0.941 bits per heavy atom. The summed E-state index contributed by atoms with van der Waals surface area (Å²) in [5.41, 5.74) is 3.60. The maximum atomic E-state index is 13.5. The van der Waals surface area contributed by atoms with Gasteiger partial charge in [-0.15, -0.1) is 0 Å². The molecule has 1 aliphatic rings. The van der Waals surface area contributed by atoms with E-state index < -0.39 is 8.32 Å². The summed E-state index contributed by atoms with van der Waals surface area (Å²) in [4.78, 5) is 14.9. The van der Waals surface area contributed by atoms with E-state index in [1.807, 2.05) is 48.5 Å². The average molecular weight is 474 g/mol. The first-order valence-corrected chi connectivity index (χ1v) is 14.6. The first-order chi connectivity index (χ1) is 16.1. The zero-order valence-electron chi connectivity index (χ0n) is 20.5. The van der Waals surface area contributed by atoms with Gasteiger partial charge in [0.15, 0.2) is 0 Å². The molecule has 0 radical (unpaired) electrons. The van der Waals surface area contributed by atoms with E-state index in [0.717, 1.165) is 22.4 Å². The van der Waals surface area contributed by atoms with Gasteiger partial charge in [0.1, 0.15) is 11.6 Å². The highest BCUT2D eigenvalue weighted by Gasteiger charge is 2.44. The van der Waals surface area contributed by atoms with E-state index in [1.54, 1.807) is 17.0 Å². The molecule has 1 atom stereocenters. The number of anilines is 1. The number of amides is 1. The predicted molar refractivity (Wildman–Crippen MR) is 139 cm³/mol. The van der Waals surface area contributed by atoms with E-state index in [9.17, 15) is 9.18 Å². The van der Waals surface area contributed by atoms with Crippen molar-refractivity contribution in [1.29, 1.82) is 0 Å². The highest BCUT2D eigenvalue weighted by atomic mass is 28.4. The number of rotatable bonds is 6. The molecule has 0 saturated carbocycles. The molecule has 4 rings (SSSR count). The van der Waals surface area contributed by atoms with Gasteiger partial charge < -0.3 is 4.43 Å². The van der Waals surface area contributed by atoms with Crippen molar-refractivity contribution in [2.45, 2.75) is 51.4 Å². The second-order valence-electron chi connectivity index (χ2n) is 10.3. The van der Waals surface area contributed by atoms with Crippen molar-refractivity contribution in [3.05, 3.63) is 107 Å². The first-order valence-electron chi connectivity index (χ1n) is 11.7. The Hall–Kier alpha value is -3.18. The lowest BCUT2D eigenvalue weighted by atomic mass is 9.86. The predicted octanol–water partition coefficient (Wildman–Crippen LogP) is 7.47. The molecule has 1 amide bonds. The van der Waals surface area contributed by atoms with Gasteiger partial charge in [0.2, 0.25) is 8.32 Å². The van der Waals surface area contributed by atoms with Crippen LogP contribution in [0, 0.1) is 5.82 Å². The van der Waals surface area contributed by atoms with E-state index in [4.69, 9.17) is 4.43 Å². The van der Waals surface area contributed by atoms with Gasteiger partial charge in [-0.1, -0.05) is 69.3 Å². The quantitative estimate of drug-likeness (QED) is 0.211. The van der Waals surface area contributed by atoms with E-state index in [-0.39, 0.29) is 22.8 Å². The Morgan fingerprint density at radius 3 is 2.15 bits per heavy atom. The van der Waals surface area contributed by atoms with Crippen molar-refractivity contribution in [3.8, 4) is 5.75 Å². The van der Waals surface area contributed by atoms with Crippen molar-refractivity contribution < 1.29 is 13.6 Å². The molecule has 0 bridgehead atoms. The van der Waals surface area contributed by atoms with Gasteiger partial charge in [-0.3, -0.25) is 9.69 Å². The highest BCUT2D eigenvalue weighted by Crippen LogP contribution is 2.44. The fourth-order valence-electron chi connectivity index (χ4n) is 3.85. The molecule has 1 saturated heterocycles. The summed E-state index contributed by atoms with van der Waals surface area (Å²) in [7, 11) is -1.94. The van der Waals surface area contributed by atoms with Crippen LogP contribution in [0.25, 0.3) is 0 Å². The van der Waals surface area contributed by atoms with Crippen molar-refractivity contribution in [3.63, 3.8) is 0 Å². The van der Waals surface area contributed by atoms with Crippen molar-refractivity contribution in [2.24, 2.45) is 0 Å². The van der Waals surface area contributed by atoms with Gasteiger partial charge in [-0.05, 0) is 72.1 Å².